The Bertz CT molecular complexity index is 410. The molecule has 1 fully saturated rings. The second kappa shape index (κ2) is 9.55. The fourth-order valence-corrected chi connectivity index (χ4v) is 3.76. The molecule has 1 rings (SSSR count). The molecule has 0 bridgehead atoms. The van der Waals surface area contributed by atoms with Gasteiger partial charge in [0.25, 0.3) is 0 Å². The molecule has 0 unspecified atom stereocenters. The van der Waals surface area contributed by atoms with Crippen molar-refractivity contribution in [2.45, 2.75) is 66.7 Å². The fourth-order valence-electron chi connectivity index (χ4n) is 3.76. The Labute approximate surface area is 149 Å². The highest BCUT2D eigenvalue weighted by molar-refractivity contribution is 5.91. The number of carbonyl (C=O) groups is 2. The van der Waals surface area contributed by atoms with Crippen LogP contribution in [0.2, 0.25) is 0 Å². The van der Waals surface area contributed by atoms with Crippen molar-refractivity contribution in [3.63, 3.8) is 0 Å². The predicted molar refractivity (Wildman–Crippen MR) is 100.0 cm³/mol. The van der Waals surface area contributed by atoms with Crippen LogP contribution < -0.4 is 0 Å². The zero-order valence-electron chi connectivity index (χ0n) is 16.7. The molecule has 1 saturated carbocycles. The van der Waals surface area contributed by atoms with E-state index < -0.39 is 0 Å². The van der Waals surface area contributed by atoms with E-state index in [1.165, 1.54) is 0 Å². The first kappa shape index (κ1) is 21.1. The Morgan fingerprint density at radius 2 is 1.50 bits per heavy atom. The number of hydrogen-bond donors (Lipinski definition) is 0. The van der Waals surface area contributed by atoms with Gasteiger partial charge in [0, 0.05) is 30.8 Å². The van der Waals surface area contributed by atoms with E-state index in [0.717, 1.165) is 58.3 Å². The minimum absolute atomic E-state index is 0.0866. The number of ketones is 1. The van der Waals surface area contributed by atoms with Crippen LogP contribution in [0, 0.1) is 17.3 Å². The maximum absolute atomic E-state index is 12.9. The molecular weight excluding hydrogens is 300 g/mol. The lowest BCUT2D eigenvalue weighted by Crippen LogP contribution is -2.44. The molecule has 24 heavy (non-hydrogen) atoms. The summed E-state index contributed by atoms with van der Waals surface area (Å²) in [6, 6.07) is 0. The molecule has 1 aliphatic carbocycles. The standard InChI is InChI=1S/C20H38N2O2/c1-7-22(8-2)15-11-14-21(6)19(24)17-13-10-9-12-16(17)18(23)20(3,4)5/h16-17H,7-15H2,1-6H3/t16-,17+/m0/s1. The minimum atomic E-state index is -0.359. The van der Waals surface area contributed by atoms with E-state index in [1.54, 1.807) is 0 Å². The summed E-state index contributed by atoms with van der Waals surface area (Å²) in [7, 11) is 1.90. The van der Waals surface area contributed by atoms with Crippen LogP contribution in [-0.2, 0) is 9.59 Å². The van der Waals surface area contributed by atoms with Crippen molar-refractivity contribution in [3.05, 3.63) is 0 Å². The average molecular weight is 339 g/mol. The van der Waals surface area contributed by atoms with Crippen molar-refractivity contribution in [1.29, 1.82) is 0 Å². The molecule has 0 heterocycles. The monoisotopic (exact) mass is 338 g/mol. The van der Waals surface area contributed by atoms with Gasteiger partial charge in [0.1, 0.15) is 5.78 Å². The van der Waals surface area contributed by atoms with Crippen LogP contribution in [0.5, 0.6) is 0 Å². The zero-order chi connectivity index (χ0) is 18.3. The number of Topliss-reactive ketones (excluding diaryl/α,β-unsaturated/α-hetero) is 1. The SMILES string of the molecule is CCN(CC)CCCN(C)C(=O)[C@@H]1CCCC[C@@H]1C(=O)C(C)(C)C. The highest BCUT2D eigenvalue weighted by Gasteiger charge is 2.40. The first-order valence-corrected chi connectivity index (χ1v) is 9.74. The Morgan fingerprint density at radius 1 is 0.958 bits per heavy atom. The molecule has 4 nitrogen and oxygen atoms in total. The van der Waals surface area contributed by atoms with E-state index in [4.69, 9.17) is 0 Å². The number of hydrogen-bond acceptors (Lipinski definition) is 3. The van der Waals surface area contributed by atoms with Gasteiger partial charge in [-0.3, -0.25) is 9.59 Å². The highest BCUT2D eigenvalue weighted by atomic mass is 16.2. The molecule has 0 N–H and O–H groups in total. The van der Waals surface area contributed by atoms with Crippen molar-refractivity contribution >= 4 is 11.7 Å². The molecule has 1 aliphatic rings. The van der Waals surface area contributed by atoms with Gasteiger partial charge in [0.15, 0.2) is 0 Å². The number of rotatable bonds is 8. The van der Waals surface area contributed by atoms with Crippen molar-refractivity contribution in [3.8, 4) is 0 Å². The van der Waals surface area contributed by atoms with Gasteiger partial charge in [-0.1, -0.05) is 47.5 Å². The van der Waals surface area contributed by atoms with Crippen molar-refractivity contribution in [2.75, 3.05) is 33.2 Å². The van der Waals surface area contributed by atoms with Crippen molar-refractivity contribution < 1.29 is 9.59 Å². The predicted octanol–water partition coefficient (Wildman–Crippen LogP) is 3.60. The number of nitrogens with zero attached hydrogens (tertiary/aromatic N) is 2. The van der Waals surface area contributed by atoms with Gasteiger partial charge < -0.3 is 9.80 Å². The second-order valence-electron chi connectivity index (χ2n) is 8.25. The fraction of sp³-hybridized carbons (Fsp3) is 0.900. The van der Waals surface area contributed by atoms with Crippen LogP contribution in [0.3, 0.4) is 0 Å². The quantitative estimate of drug-likeness (QED) is 0.679. The van der Waals surface area contributed by atoms with Crippen LogP contribution in [0.4, 0.5) is 0 Å². The van der Waals surface area contributed by atoms with Crippen LogP contribution in [0.1, 0.15) is 66.7 Å². The molecule has 0 aromatic rings. The summed E-state index contributed by atoms with van der Waals surface area (Å²) in [4.78, 5) is 29.9. The van der Waals surface area contributed by atoms with Crippen molar-refractivity contribution in [2.24, 2.45) is 17.3 Å². The van der Waals surface area contributed by atoms with Crippen LogP contribution in [0.25, 0.3) is 0 Å². The third-order valence-electron chi connectivity index (χ3n) is 5.40. The molecular formula is C20H38N2O2. The van der Waals surface area contributed by atoms with Gasteiger partial charge in [0.2, 0.25) is 5.91 Å². The van der Waals surface area contributed by atoms with Gasteiger partial charge in [0.05, 0.1) is 0 Å². The molecule has 0 aromatic heterocycles. The molecule has 140 valence electrons. The largest absolute Gasteiger partial charge is 0.345 e. The molecule has 1 amide bonds. The maximum atomic E-state index is 12.9. The summed E-state index contributed by atoms with van der Waals surface area (Å²) in [6.45, 7) is 14.2. The molecule has 4 heteroatoms. The lowest BCUT2D eigenvalue weighted by Gasteiger charge is -2.35. The third-order valence-corrected chi connectivity index (χ3v) is 5.40. The summed E-state index contributed by atoms with van der Waals surface area (Å²) in [5.74, 6) is 0.245. The second-order valence-corrected chi connectivity index (χ2v) is 8.25. The van der Waals surface area contributed by atoms with E-state index in [-0.39, 0.29) is 28.9 Å². The van der Waals surface area contributed by atoms with Gasteiger partial charge in [-0.25, -0.2) is 0 Å². The molecule has 0 aliphatic heterocycles. The van der Waals surface area contributed by atoms with Gasteiger partial charge in [-0.05, 0) is 38.9 Å². The summed E-state index contributed by atoms with van der Waals surface area (Å²) in [5, 5.41) is 0. The first-order chi connectivity index (χ1) is 11.2. The molecule has 0 aromatic carbocycles. The van der Waals surface area contributed by atoms with E-state index in [2.05, 4.69) is 18.7 Å². The van der Waals surface area contributed by atoms with Gasteiger partial charge in [-0.2, -0.15) is 0 Å². The van der Waals surface area contributed by atoms with E-state index in [1.807, 2.05) is 32.7 Å². The van der Waals surface area contributed by atoms with E-state index in [9.17, 15) is 9.59 Å². The minimum Gasteiger partial charge on any atom is -0.345 e. The highest BCUT2D eigenvalue weighted by Crippen LogP contribution is 2.36. The van der Waals surface area contributed by atoms with E-state index in [0.29, 0.717) is 0 Å². The van der Waals surface area contributed by atoms with Crippen molar-refractivity contribution in [1.82, 2.24) is 9.80 Å². The van der Waals surface area contributed by atoms with Gasteiger partial charge >= 0.3 is 0 Å². The lowest BCUT2D eigenvalue weighted by atomic mass is 9.70. The van der Waals surface area contributed by atoms with E-state index >= 15 is 0 Å². The summed E-state index contributed by atoms with van der Waals surface area (Å²) < 4.78 is 0. The number of amides is 1. The summed E-state index contributed by atoms with van der Waals surface area (Å²) >= 11 is 0. The van der Waals surface area contributed by atoms with Crippen LogP contribution in [-0.4, -0.2) is 54.7 Å². The molecule has 0 spiro atoms. The Balaban J connectivity index is 2.63. The molecule has 0 saturated heterocycles. The summed E-state index contributed by atoms with van der Waals surface area (Å²) in [5.41, 5.74) is -0.359. The topological polar surface area (TPSA) is 40.6 Å². The normalized spacial score (nSPS) is 21.8. The Kier molecular flexibility index (Phi) is 8.41. The Hall–Kier alpha value is -0.900. The van der Waals surface area contributed by atoms with Crippen LogP contribution in [0.15, 0.2) is 0 Å². The zero-order valence-corrected chi connectivity index (χ0v) is 16.7. The molecule has 0 radical (unpaired) electrons. The smallest absolute Gasteiger partial charge is 0.226 e. The third kappa shape index (κ3) is 5.87. The van der Waals surface area contributed by atoms with Gasteiger partial charge in [-0.15, -0.1) is 0 Å². The Morgan fingerprint density at radius 3 is 2.00 bits per heavy atom. The maximum Gasteiger partial charge on any atom is 0.226 e. The lowest BCUT2D eigenvalue weighted by molar-refractivity contribution is -0.144. The number of carbonyl (C=O) groups excluding carboxylic acids is 2. The average Bonchev–Trinajstić information content (AvgIpc) is 2.56. The first-order valence-electron chi connectivity index (χ1n) is 9.74. The van der Waals surface area contributed by atoms with Crippen LogP contribution >= 0.6 is 0 Å². The molecule has 2 atom stereocenters. The summed E-state index contributed by atoms with van der Waals surface area (Å²) in [6.07, 6.45) is 4.87.